The van der Waals surface area contributed by atoms with E-state index >= 15 is 0 Å². The summed E-state index contributed by atoms with van der Waals surface area (Å²) < 4.78 is 13.3. The van der Waals surface area contributed by atoms with Gasteiger partial charge in [-0.15, -0.1) is 11.3 Å². The lowest BCUT2D eigenvalue weighted by Gasteiger charge is -2.38. The average Bonchev–Trinajstić information content (AvgIpc) is 3.41. The maximum Gasteiger partial charge on any atom is 0.250 e. The number of ketones is 1. The van der Waals surface area contributed by atoms with E-state index in [2.05, 4.69) is 21.7 Å². The number of hydrogen-bond acceptors (Lipinski definition) is 6. The van der Waals surface area contributed by atoms with Crippen molar-refractivity contribution in [2.75, 3.05) is 13.6 Å². The standard InChI is InChI=1S/C27H33FN4O3S/c1-17(29-2)25(34)31-23(18-8-4-3-5-9-18)27(35)32-15-7-6-10-22(32)26-30-21(16-36-26)24(33)19-11-13-20(28)14-12-19/h8,11-14,16-17,22-23,29H,3-7,9-10,15H2,1-2H3,(H,31,34)/t17-,22?,23-/m0/s1. The van der Waals surface area contributed by atoms with Crippen LogP contribution in [0.5, 0.6) is 0 Å². The number of nitrogens with zero attached hydrogens (tertiary/aromatic N) is 2. The quantitative estimate of drug-likeness (QED) is 0.409. The number of likely N-dealkylation sites (N-methyl/N-ethyl adjacent to an activating group) is 1. The highest BCUT2D eigenvalue weighted by Gasteiger charge is 2.37. The average molecular weight is 513 g/mol. The van der Waals surface area contributed by atoms with Crippen LogP contribution in [-0.2, 0) is 9.59 Å². The second kappa shape index (κ2) is 11.9. The number of carbonyl (C=O) groups is 3. The molecule has 1 fully saturated rings. The minimum Gasteiger partial charge on any atom is -0.339 e. The van der Waals surface area contributed by atoms with Crippen molar-refractivity contribution in [1.29, 1.82) is 0 Å². The van der Waals surface area contributed by atoms with Crippen LogP contribution in [0, 0.1) is 5.82 Å². The van der Waals surface area contributed by atoms with Gasteiger partial charge < -0.3 is 15.5 Å². The molecule has 1 aliphatic heterocycles. The molecule has 1 unspecified atom stereocenters. The first-order valence-electron chi connectivity index (χ1n) is 12.6. The largest absolute Gasteiger partial charge is 0.339 e. The summed E-state index contributed by atoms with van der Waals surface area (Å²) in [5.74, 6) is -1.01. The zero-order valence-corrected chi connectivity index (χ0v) is 21.6. The van der Waals surface area contributed by atoms with Crippen LogP contribution in [-0.4, -0.2) is 53.2 Å². The molecule has 2 amide bonds. The molecule has 1 saturated heterocycles. The molecule has 1 aliphatic carbocycles. The number of nitrogens with one attached hydrogen (secondary N) is 2. The number of allylic oxidation sites excluding steroid dienone is 1. The van der Waals surface area contributed by atoms with E-state index in [-0.39, 0.29) is 23.6 Å². The van der Waals surface area contributed by atoms with Crippen molar-refractivity contribution >= 4 is 28.9 Å². The summed E-state index contributed by atoms with van der Waals surface area (Å²) in [5.41, 5.74) is 1.64. The van der Waals surface area contributed by atoms with E-state index in [0.29, 0.717) is 22.8 Å². The summed E-state index contributed by atoms with van der Waals surface area (Å²) in [6.07, 6.45) is 8.44. The Hall–Kier alpha value is -2.91. The highest BCUT2D eigenvalue weighted by atomic mass is 32.1. The molecule has 0 saturated carbocycles. The number of hydrogen-bond donors (Lipinski definition) is 2. The Morgan fingerprint density at radius 2 is 1.92 bits per heavy atom. The molecule has 1 aromatic heterocycles. The van der Waals surface area contributed by atoms with Gasteiger partial charge in [0.15, 0.2) is 0 Å². The number of halogens is 1. The molecule has 0 spiro atoms. The number of thiazole rings is 1. The smallest absolute Gasteiger partial charge is 0.250 e. The Morgan fingerprint density at radius 3 is 2.61 bits per heavy atom. The van der Waals surface area contributed by atoms with Crippen molar-refractivity contribution in [3.8, 4) is 0 Å². The zero-order valence-electron chi connectivity index (χ0n) is 20.8. The van der Waals surface area contributed by atoms with Crippen LogP contribution in [0.4, 0.5) is 4.39 Å². The first-order valence-corrected chi connectivity index (χ1v) is 13.5. The molecule has 2 aromatic rings. The molecule has 1 aromatic carbocycles. The van der Waals surface area contributed by atoms with Gasteiger partial charge in [-0.3, -0.25) is 14.4 Å². The summed E-state index contributed by atoms with van der Waals surface area (Å²) in [4.78, 5) is 46.0. The number of benzene rings is 1. The Kier molecular flexibility index (Phi) is 8.64. The molecular formula is C27H33FN4O3S. The van der Waals surface area contributed by atoms with E-state index in [1.165, 1.54) is 35.6 Å². The molecule has 4 rings (SSSR count). The van der Waals surface area contributed by atoms with E-state index in [1.54, 1.807) is 19.4 Å². The number of aromatic nitrogens is 1. The van der Waals surface area contributed by atoms with Gasteiger partial charge in [0.25, 0.3) is 0 Å². The minimum atomic E-state index is -0.700. The monoisotopic (exact) mass is 512 g/mol. The second-order valence-corrected chi connectivity index (χ2v) is 10.3. The molecule has 0 radical (unpaired) electrons. The van der Waals surface area contributed by atoms with Crippen LogP contribution in [0.25, 0.3) is 0 Å². The van der Waals surface area contributed by atoms with Gasteiger partial charge in [0, 0.05) is 17.5 Å². The third-order valence-electron chi connectivity index (χ3n) is 6.99. The van der Waals surface area contributed by atoms with E-state index in [4.69, 9.17) is 0 Å². The number of likely N-dealkylation sites (tertiary alicyclic amines) is 1. The minimum absolute atomic E-state index is 0.119. The van der Waals surface area contributed by atoms with Crippen molar-refractivity contribution in [3.63, 3.8) is 0 Å². The highest BCUT2D eigenvalue weighted by molar-refractivity contribution is 7.10. The first kappa shape index (κ1) is 26.2. The van der Waals surface area contributed by atoms with Crippen LogP contribution >= 0.6 is 11.3 Å². The predicted octanol–water partition coefficient (Wildman–Crippen LogP) is 4.16. The number of amides is 2. The lowest BCUT2D eigenvalue weighted by molar-refractivity contribution is -0.139. The van der Waals surface area contributed by atoms with Crippen LogP contribution in [0.1, 0.15) is 79.0 Å². The van der Waals surface area contributed by atoms with Gasteiger partial charge in [-0.25, -0.2) is 9.37 Å². The van der Waals surface area contributed by atoms with E-state index in [0.717, 1.165) is 50.5 Å². The molecule has 192 valence electrons. The number of carbonyl (C=O) groups excluding carboxylic acids is 3. The second-order valence-electron chi connectivity index (χ2n) is 9.43. The predicted molar refractivity (Wildman–Crippen MR) is 137 cm³/mol. The number of piperidine rings is 1. The molecule has 3 atom stereocenters. The summed E-state index contributed by atoms with van der Waals surface area (Å²) in [7, 11) is 1.72. The lowest BCUT2D eigenvalue weighted by atomic mass is 9.91. The van der Waals surface area contributed by atoms with Crippen molar-refractivity contribution in [1.82, 2.24) is 20.5 Å². The summed E-state index contributed by atoms with van der Waals surface area (Å²) in [6.45, 7) is 2.34. The molecule has 2 aliphatic rings. The lowest BCUT2D eigenvalue weighted by Crippen LogP contribution is -2.54. The Labute approximate surface area is 215 Å². The molecule has 0 bridgehead atoms. The topological polar surface area (TPSA) is 91.4 Å². The van der Waals surface area contributed by atoms with Gasteiger partial charge in [-0.1, -0.05) is 6.08 Å². The van der Waals surface area contributed by atoms with Crippen molar-refractivity contribution < 1.29 is 18.8 Å². The maximum absolute atomic E-state index is 13.9. The fraction of sp³-hybridized carbons (Fsp3) is 0.481. The SMILES string of the molecule is CN[C@@H](C)C(=O)N[C@H](C(=O)N1CCCCC1c1nc(C(=O)c2ccc(F)cc2)cs1)C1=CCCCC1. The highest BCUT2D eigenvalue weighted by Crippen LogP contribution is 2.35. The van der Waals surface area contributed by atoms with Crippen molar-refractivity contribution in [2.45, 2.75) is 70.0 Å². The fourth-order valence-corrected chi connectivity index (χ4v) is 5.69. The summed E-state index contributed by atoms with van der Waals surface area (Å²) in [6, 6.07) is 4.04. The molecule has 36 heavy (non-hydrogen) atoms. The van der Waals surface area contributed by atoms with Gasteiger partial charge >= 0.3 is 0 Å². The van der Waals surface area contributed by atoms with E-state index in [1.807, 2.05) is 4.90 Å². The van der Waals surface area contributed by atoms with Crippen molar-refractivity contribution in [2.24, 2.45) is 0 Å². The molecule has 2 heterocycles. The third kappa shape index (κ3) is 5.90. The van der Waals surface area contributed by atoms with Crippen LogP contribution in [0.2, 0.25) is 0 Å². The maximum atomic E-state index is 13.9. The molecule has 7 nitrogen and oxygen atoms in total. The van der Waals surface area contributed by atoms with Crippen LogP contribution in [0.3, 0.4) is 0 Å². The van der Waals surface area contributed by atoms with Gasteiger partial charge in [0.05, 0.1) is 12.1 Å². The molecule has 2 N–H and O–H groups in total. The fourth-order valence-electron chi connectivity index (χ4n) is 4.75. The van der Waals surface area contributed by atoms with Gasteiger partial charge in [-0.2, -0.15) is 0 Å². The van der Waals surface area contributed by atoms with Gasteiger partial charge in [0.1, 0.15) is 22.6 Å². The zero-order chi connectivity index (χ0) is 25.7. The van der Waals surface area contributed by atoms with Crippen LogP contribution in [0.15, 0.2) is 41.3 Å². The van der Waals surface area contributed by atoms with Crippen molar-refractivity contribution in [3.05, 3.63) is 63.4 Å². The van der Waals surface area contributed by atoms with Gasteiger partial charge in [-0.05, 0) is 88.8 Å². The normalized spacial score (nSPS) is 19.8. The molecular weight excluding hydrogens is 479 g/mol. The number of rotatable bonds is 8. The summed E-state index contributed by atoms with van der Waals surface area (Å²) in [5, 5.41) is 8.34. The Morgan fingerprint density at radius 1 is 1.14 bits per heavy atom. The van der Waals surface area contributed by atoms with Gasteiger partial charge in [0.2, 0.25) is 17.6 Å². The first-order chi connectivity index (χ1) is 17.4. The summed E-state index contributed by atoms with van der Waals surface area (Å²) >= 11 is 1.36. The third-order valence-corrected chi connectivity index (χ3v) is 7.93. The van der Waals surface area contributed by atoms with Crippen LogP contribution < -0.4 is 10.6 Å². The van der Waals surface area contributed by atoms with E-state index in [9.17, 15) is 18.8 Å². The Bertz CT molecular complexity index is 1130. The van der Waals surface area contributed by atoms with E-state index < -0.39 is 17.9 Å². The Balaban J connectivity index is 1.58. The molecule has 9 heteroatoms.